The molecule has 0 aliphatic carbocycles. The lowest BCUT2D eigenvalue weighted by Gasteiger charge is -1.97. The topological polar surface area (TPSA) is 95.8 Å². The van der Waals surface area contributed by atoms with Crippen LogP contribution in [0.5, 0.6) is 0 Å². The van der Waals surface area contributed by atoms with Crippen molar-refractivity contribution < 1.29 is 12.6 Å². The van der Waals surface area contributed by atoms with Crippen molar-refractivity contribution in [3.8, 4) is 6.07 Å². The van der Waals surface area contributed by atoms with Crippen LogP contribution in [-0.2, 0) is 20.9 Å². The first-order valence-electron chi connectivity index (χ1n) is 3.29. The highest BCUT2D eigenvalue weighted by atomic mass is 32.2. The van der Waals surface area contributed by atoms with Crippen LogP contribution in [0.4, 0.5) is 0 Å². The molecule has 6 nitrogen and oxygen atoms in total. The standard InChI is InChI=1S/C6H7N3O3S/c1-13(10,11)12-4-5-3-8-9-6(5)2-7/h3H,4H2,1H3,(H,8,9). The minimum atomic E-state index is -3.48. The summed E-state index contributed by atoms with van der Waals surface area (Å²) in [5.74, 6) is 0. The predicted molar refractivity (Wildman–Crippen MR) is 42.9 cm³/mol. The summed E-state index contributed by atoms with van der Waals surface area (Å²) in [5, 5.41) is 14.5. The lowest BCUT2D eigenvalue weighted by Crippen LogP contribution is -2.02. The van der Waals surface area contributed by atoms with E-state index in [1.54, 1.807) is 0 Å². The fourth-order valence-corrected chi connectivity index (χ4v) is 1.03. The molecule has 0 atom stereocenters. The first-order valence-corrected chi connectivity index (χ1v) is 5.11. The van der Waals surface area contributed by atoms with Gasteiger partial charge in [-0.3, -0.25) is 9.28 Å². The summed E-state index contributed by atoms with van der Waals surface area (Å²) in [6, 6.07) is 1.82. The fraction of sp³-hybridized carbons (Fsp3) is 0.333. The molecule has 0 saturated heterocycles. The Labute approximate surface area is 75.3 Å². The van der Waals surface area contributed by atoms with Crippen molar-refractivity contribution in [3.63, 3.8) is 0 Å². The van der Waals surface area contributed by atoms with Crippen LogP contribution in [0.3, 0.4) is 0 Å². The second kappa shape index (κ2) is 3.55. The first-order chi connectivity index (χ1) is 6.03. The number of aromatic amines is 1. The Balaban J connectivity index is 2.71. The van der Waals surface area contributed by atoms with Crippen molar-refractivity contribution in [2.45, 2.75) is 6.61 Å². The molecular formula is C6H7N3O3S. The molecule has 0 aromatic carbocycles. The molecule has 0 radical (unpaired) electrons. The Kier molecular flexibility index (Phi) is 2.65. The molecule has 13 heavy (non-hydrogen) atoms. The molecule has 1 N–H and O–H groups in total. The largest absolute Gasteiger partial charge is 0.268 e. The number of nitriles is 1. The predicted octanol–water partition coefficient (Wildman–Crippen LogP) is -0.242. The summed E-state index contributed by atoms with van der Waals surface area (Å²) in [6.07, 6.45) is 2.29. The molecule has 0 spiro atoms. The lowest BCUT2D eigenvalue weighted by molar-refractivity contribution is 0.311. The number of nitrogens with zero attached hydrogens (tertiary/aromatic N) is 2. The zero-order valence-electron chi connectivity index (χ0n) is 6.81. The average Bonchev–Trinajstić information content (AvgIpc) is 2.46. The highest BCUT2D eigenvalue weighted by Crippen LogP contribution is 2.05. The van der Waals surface area contributed by atoms with Gasteiger partial charge in [0.1, 0.15) is 11.8 Å². The van der Waals surface area contributed by atoms with Crippen LogP contribution in [0, 0.1) is 11.3 Å². The zero-order chi connectivity index (χ0) is 9.90. The van der Waals surface area contributed by atoms with Gasteiger partial charge in [0.2, 0.25) is 0 Å². The van der Waals surface area contributed by atoms with E-state index in [1.165, 1.54) is 6.20 Å². The van der Waals surface area contributed by atoms with Crippen LogP contribution >= 0.6 is 0 Å². The average molecular weight is 201 g/mol. The van der Waals surface area contributed by atoms with Crippen molar-refractivity contribution in [1.82, 2.24) is 10.2 Å². The summed E-state index contributed by atoms with van der Waals surface area (Å²) >= 11 is 0. The van der Waals surface area contributed by atoms with Crippen LogP contribution in [0.25, 0.3) is 0 Å². The molecule has 1 aromatic heterocycles. The third-order valence-electron chi connectivity index (χ3n) is 1.26. The molecule has 0 aliphatic rings. The van der Waals surface area contributed by atoms with Crippen LogP contribution in [0.2, 0.25) is 0 Å². The summed E-state index contributed by atoms with van der Waals surface area (Å²) in [5.41, 5.74) is 0.636. The monoisotopic (exact) mass is 201 g/mol. The molecule has 70 valence electrons. The Bertz CT molecular complexity index is 428. The Morgan fingerprint density at radius 3 is 3.00 bits per heavy atom. The van der Waals surface area contributed by atoms with Gasteiger partial charge in [0.15, 0.2) is 0 Å². The molecule has 0 bridgehead atoms. The Morgan fingerprint density at radius 2 is 2.46 bits per heavy atom. The van der Waals surface area contributed by atoms with E-state index in [4.69, 9.17) is 5.26 Å². The number of nitrogens with one attached hydrogen (secondary N) is 1. The molecule has 0 unspecified atom stereocenters. The first kappa shape index (κ1) is 9.70. The van der Waals surface area contributed by atoms with E-state index in [1.807, 2.05) is 6.07 Å². The third-order valence-corrected chi connectivity index (χ3v) is 1.80. The quantitative estimate of drug-likeness (QED) is 0.680. The number of aromatic nitrogens is 2. The highest BCUT2D eigenvalue weighted by Gasteiger charge is 2.07. The number of H-pyrrole nitrogens is 1. The van der Waals surface area contributed by atoms with E-state index < -0.39 is 10.1 Å². The zero-order valence-corrected chi connectivity index (χ0v) is 7.63. The summed E-state index contributed by atoms with van der Waals surface area (Å²) in [7, 11) is -3.48. The summed E-state index contributed by atoms with van der Waals surface area (Å²) in [6.45, 7) is -0.168. The normalized spacial score (nSPS) is 11.1. The molecule has 1 rings (SSSR count). The van der Waals surface area contributed by atoms with Gasteiger partial charge in [0, 0.05) is 5.56 Å². The maximum Gasteiger partial charge on any atom is 0.264 e. The number of hydrogen-bond donors (Lipinski definition) is 1. The van der Waals surface area contributed by atoms with Crippen molar-refractivity contribution in [1.29, 1.82) is 5.26 Å². The molecule has 0 fully saturated rings. The van der Waals surface area contributed by atoms with Gasteiger partial charge in [-0.25, -0.2) is 0 Å². The maximum absolute atomic E-state index is 10.6. The lowest BCUT2D eigenvalue weighted by atomic mass is 10.3. The maximum atomic E-state index is 10.6. The second-order valence-corrected chi connectivity index (χ2v) is 3.99. The minimum Gasteiger partial charge on any atom is -0.268 e. The Hall–Kier alpha value is -1.39. The van der Waals surface area contributed by atoms with Gasteiger partial charge >= 0.3 is 0 Å². The van der Waals surface area contributed by atoms with Crippen LogP contribution in [-0.4, -0.2) is 24.9 Å². The molecule has 0 amide bonds. The van der Waals surface area contributed by atoms with Crippen molar-refractivity contribution >= 4 is 10.1 Å². The van der Waals surface area contributed by atoms with Gasteiger partial charge < -0.3 is 0 Å². The van der Waals surface area contributed by atoms with Gasteiger partial charge in [0.05, 0.1) is 19.1 Å². The molecule has 7 heteroatoms. The van der Waals surface area contributed by atoms with Crippen LogP contribution in [0.1, 0.15) is 11.3 Å². The Morgan fingerprint density at radius 1 is 1.77 bits per heavy atom. The van der Waals surface area contributed by atoms with E-state index in [9.17, 15) is 8.42 Å². The molecule has 1 aromatic rings. The van der Waals surface area contributed by atoms with Crippen molar-refractivity contribution in [3.05, 3.63) is 17.5 Å². The minimum absolute atomic E-state index is 0.168. The smallest absolute Gasteiger partial charge is 0.264 e. The van der Waals surface area contributed by atoms with Gasteiger partial charge in [-0.1, -0.05) is 0 Å². The molecule has 0 saturated carbocycles. The second-order valence-electron chi connectivity index (χ2n) is 2.35. The highest BCUT2D eigenvalue weighted by molar-refractivity contribution is 7.85. The van der Waals surface area contributed by atoms with Gasteiger partial charge in [0.25, 0.3) is 10.1 Å². The van der Waals surface area contributed by atoms with Crippen molar-refractivity contribution in [2.75, 3.05) is 6.26 Å². The van der Waals surface area contributed by atoms with E-state index in [0.717, 1.165) is 6.26 Å². The third kappa shape index (κ3) is 2.85. The number of hydrogen-bond acceptors (Lipinski definition) is 5. The van der Waals surface area contributed by atoms with E-state index >= 15 is 0 Å². The van der Waals surface area contributed by atoms with E-state index in [2.05, 4.69) is 14.4 Å². The van der Waals surface area contributed by atoms with Crippen LogP contribution < -0.4 is 0 Å². The summed E-state index contributed by atoms with van der Waals surface area (Å²) in [4.78, 5) is 0. The molecule has 1 heterocycles. The van der Waals surface area contributed by atoms with Crippen LogP contribution in [0.15, 0.2) is 6.20 Å². The fourth-order valence-electron chi connectivity index (χ4n) is 0.688. The van der Waals surface area contributed by atoms with Gasteiger partial charge in [-0.15, -0.1) is 0 Å². The molecule has 0 aliphatic heterocycles. The summed E-state index contributed by atoms with van der Waals surface area (Å²) < 4.78 is 25.7. The van der Waals surface area contributed by atoms with Gasteiger partial charge in [-0.2, -0.15) is 18.8 Å². The van der Waals surface area contributed by atoms with E-state index in [-0.39, 0.29) is 12.3 Å². The van der Waals surface area contributed by atoms with Gasteiger partial charge in [-0.05, 0) is 0 Å². The SMILES string of the molecule is CS(=O)(=O)OCc1cn[nH]c1C#N. The van der Waals surface area contributed by atoms with E-state index in [0.29, 0.717) is 5.56 Å². The number of rotatable bonds is 3. The molecular weight excluding hydrogens is 194 g/mol. The van der Waals surface area contributed by atoms with Crippen molar-refractivity contribution in [2.24, 2.45) is 0 Å².